The van der Waals surface area contributed by atoms with Crippen molar-refractivity contribution in [3.63, 3.8) is 0 Å². The molecule has 0 unspecified atom stereocenters. The molecule has 0 radical (unpaired) electrons. The number of ether oxygens (including phenoxy) is 1. The molecule has 0 saturated heterocycles. The van der Waals surface area contributed by atoms with Crippen molar-refractivity contribution in [1.29, 1.82) is 0 Å². The van der Waals surface area contributed by atoms with Gasteiger partial charge in [0.15, 0.2) is 0 Å². The normalized spacial score (nSPS) is 11.4. The molecule has 7 nitrogen and oxygen atoms in total. The molecule has 3 aromatic rings. The molecule has 0 aromatic heterocycles. The molecule has 3 rings (SSSR count). The van der Waals surface area contributed by atoms with Crippen LogP contribution < -0.4 is 5.32 Å². The van der Waals surface area contributed by atoms with Gasteiger partial charge in [-0.25, -0.2) is 9.18 Å². The van der Waals surface area contributed by atoms with Gasteiger partial charge in [0.25, 0.3) is 11.6 Å². The van der Waals surface area contributed by atoms with Crippen molar-refractivity contribution >= 4 is 23.3 Å². The molecule has 152 valence electrons. The lowest BCUT2D eigenvalue weighted by atomic mass is 10.1. The minimum atomic E-state index is -1.40. The van der Waals surface area contributed by atoms with E-state index in [1.807, 2.05) is 0 Å². The number of benzene rings is 3. The third-order valence-corrected chi connectivity index (χ3v) is 4.23. The molecule has 30 heavy (non-hydrogen) atoms. The number of nitrogens with zero attached hydrogens (tertiary/aromatic N) is 1. The van der Waals surface area contributed by atoms with Crippen LogP contribution in [0, 0.1) is 22.9 Å². The van der Waals surface area contributed by atoms with Crippen LogP contribution in [-0.4, -0.2) is 16.8 Å². The number of aryl methyl sites for hydroxylation is 1. The summed E-state index contributed by atoms with van der Waals surface area (Å²) in [5, 5.41) is 13.8. The number of rotatable bonds is 6. The van der Waals surface area contributed by atoms with Gasteiger partial charge in [-0.05, 0) is 36.8 Å². The van der Waals surface area contributed by atoms with Crippen LogP contribution in [0.5, 0.6) is 0 Å². The zero-order valence-electron chi connectivity index (χ0n) is 15.9. The molecule has 0 aliphatic rings. The highest BCUT2D eigenvalue weighted by Gasteiger charge is 2.28. The molecule has 3 aromatic carbocycles. The molecule has 1 N–H and O–H groups in total. The molecule has 0 spiro atoms. The van der Waals surface area contributed by atoms with E-state index in [-0.39, 0.29) is 16.9 Å². The number of hydrogen-bond donors (Lipinski definition) is 1. The number of carbonyl (C=O) groups excluding carboxylic acids is 2. The summed E-state index contributed by atoms with van der Waals surface area (Å²) in [6, 6.07) is 17.4. The van der Waals surface area contributed by atoms with E-state index in [1.165, 1.54) is 30.3 Å². The minimum Gasteiger partial charge on any atom is -0.444 e. The van der Waals surface area contributed by atoms with E-state index in [9.17, 15) is 24.1 Å². The van der Waals surface area contributed by atoms with Crippen molar-refractivity contribution < 1.29 is 23.6 Å². The molecular weight excluding hydrogens is 391 g/mol. The summed E-state index contributed by atoms with van der Waals surface area (Å²) in [6.45, 7) is 1.69. The van der Waals surface area contributed by atoms with E-state index in [2.05, 4.69) is 5.32 Å². The maximum absolute atomic E-state index is 13.4. The molecule has 1 atom stereocenters. The predicted octanol–water partition coefficient (Wildman–Crippen LogP) is 4.58. The van der Waals surface area contributed by atoms with Crippen LogP contribution in [0.25, 0.3) is 0 Å². The molecule has 8 heteroatoms. The van der Waals surface area contributed by atoms with Gasteiger partial charge in [0.1, 0.15) is 11.5 Å². The highest BCUT2D eigenvalue weighted by atomic mass is 19.1. The van der Waals surface area contributed by atoms with Crippen molar-refractivity contribution in [2.45, 2.75) is 13.0 Å². The molecule has 0 saturated carbocycles. The maximum Gasteiger partial charge on any atom is 0.339 e. The van der Waals surface area contributed by atoms with Crippen molar-refractivity contribution in [1.82, 2.24) is 0 Å². The molecule has 0 bridgehead atoms. The lowest BCUT2D eigenvalue weighted by Crippen LogP contribution is -2.26. The third-order valence-electron chi connectivity index (χ3n) is 4.23. The Labute approximate surface area is 171 Å². The van der Waals surface area contributed by atoms with Crippen molar-refractivity contribution in [2.75, 3.05) is 5.32 Å². The Kier molecular flexibility index (Phi) is 6.17. The molecule has 0 heterocycles. The highest BCUT2D eigenvalue weighted by molar-refractivity contribution is 5.99. The van der Waals surface area contributed by atoms with E-state index in [1.54, 1.807) is 43.3 Å². The van der Waals surface area contributed by atoms with Crippen LogP contribution >= 0.6 is 0 Å². The topological polar surface area (TPSA) is 98.5 Å². The first kappa shape index (κ1) is 20.7. The third kappa shape index (κ3) is 4.85. The lowest BCUT2D eigenvalue weighted by Gasteiger charge is -2.18. The minimum absolute atomic E-state index is 0.0293. The number of nitro benzene ring substituents is 1. The van der Waals surface area contributed by atoms with Crippen LogP contribution in [0.1, 0.15) is 27.6 Å². The first-order chi connectivity index (χ1) is 14.3. The van der Waals surface area contributed by atoms with Gasteiger partial charge in [-0.1, -0.05) is 42.5 Å². The van der Waals surface area contributed by atoms with E-state index in [0.717, 1.165) is 6.07 Å². The number of esters is 1. The van der Waals surface area contributed by atoms with E-state index in [4.69, 9.17) is 4.74 Å². The Bertz CT molecular complexity index is 1100. The summed E-state index contributed by atoms with van der Waals surface area (Å²) in [5.74, 6) is -2.31. The number of carbonyl (C=O) groups is 2. The standard InChI is InChI=1S/C22H17FN2O5/c1-14-10-11-18(19(12-14)25(28)29)24-21(26)20(15-6-3-2-4-7-15)30-22(27)16-8-5-9-17(23)13-16/h2-13,20H,1H3,(H,24,26)/t20-/m0/s1. The van der Waals surface area contributed by atoms with Crippen LogP contribution in [0.3, 0.4) is 0 Å². The molecule has 0 aliphatic heterocycles. The van der Waals surface area contributed by atoms with E-state index in [0.29, 0.717) is 11.1 Å². The predicted molar refractivity (Wildman–Crippen MR) is 107 cm³/mol. The SMILES string of the molecule is Cc1ccc(NC(=O)[C@@H](OC(=O)c2cccc(F)c2)c2ccccc2)c([N+](=O)[O-])c1. The second-order valence-corrected chi connectivity index (χ2v) is 6.47. The van der Waals surface area contributed by atoms with Gasteiger partial charge >= 0.3 is 5.97 Å². The Morgan fingerprint density at radius 1 is 1.03 bits per heavy atom. The van der Waals surface area contributed by atoms with Gasteiger partial charge in [0.2, 0.25) is 6.10 Å². The molecule has 1 amide bonds. The van der Waals surface area contributed by atoms with E-state index >= 15 is 0 Å². The number of hydrogen-bond acceptors (Lipinski definition) is 5. The van der Waals surface area contributed by atoms with Crippen LogP contribution in [-0.2, 0) is 9.53 Å². The van der Waals surface area contributed by atoms with Crippen molar-refractivity contribution in [3.8, 4) is 0 Å². The van der Waals surface area contributed by atoms with Gasteiger partial charge in [-0.3, -0.25) is 14.9 Å². The fourth-order valence-corrected chi connectivity index (χ4v) is 2.79. The Balaban J connectivity index is 1.91. The average Bonchev–Trinajstić information content (AvgIpc) is 2.73. The monoisotopic (exact) mass is 408 g/mol. The van der Waals surface area contributed by atoms with Gasteiger partial charge in [0, 0.05) is 11.6 Å². The summed E-state index contributed by atoms with van der Waals surface area (Å²) >= 11 is 0. The number of nitro groups is 1. The zero-order chi connectivity index (χ0) is 21.7. The first-order valence-corrected chi connectivity index (χ1v) is 8.92. The first-order valence-electron chi connectivity index (χ1n) is 8.92. The summed E-state index contributed by atoms with van der Waals surface area (Å²) in [7, 11) is 0. The fourth-order valence-electron chi connectivity index (χ4n) is 2.79. The molecule has 0 aliphatic carbocycles. The highest BCUT2D eigenvalue weighted by Crippen LogP contribution is 2.28. The fraction of sp³-hybridized carbons (Fsp3) is 0.0909. The average molecular weight is 408 g/mol. The smallest absolute Gasteiger partial charge is 0.339 e. The van der Waals surface area contributed by atoms with Gasteiger partial charge in [-0.2, -0.15) is 0 Å². The van der Waals surface area contributed by atoms with Crippen LogP contribution in [0.4, 0.5) is 15.8 Å². The quantitative estimate of drug-likeness (QED) is 0.366. The summed E-state index contributed by atoms with van der Waals surface area (Å²) in [5.41, 5.74) is 0.626. The number of nitrogens with one attached hydrogen (secondary N) is 1. The summed E-state index contributed by atoms with van der Waals surface area (Å²) in [4.78, 5) is 36.1. The second-order valence-electron chi connectivity index (χ2n) is 6.47. The lowest BCUT2D eigenvalue weighted by molar-refractivity contribution is -0.384. The Morgan fingerprint density at radius 2 is 1.77 bits per heavy atom. The van der Waals surface area contributed by atoms with Gasteiger partial charge < -0.3 is 10.1 Å². The maximum atomic E-state index is 13.4. The largest absolute Gasteiger partial charge is 0.444 e. The van der Waals surface area contributed by atoms with Crippen LogP contribution in [0.2, 0.25) is 0 Å². The van der Waals surface area contributed by atoms with E-state index < -0.39 is 28.7 Å². The summed E-state index contributed by atoms with van der Waals surface area (Å²) < 4.78 is 18.8. The van der Waals surface area contributed by atoms with Crippen LogP contribution in [0.15, 0.2) is 72.8 Å². The molecule has 0 fully saturated rings. The van der Waals surface area contributed by atoms with Gasteiger partial charge in [-0.15, -0.1) is 0 Å². The van der Waals surface area contributed by atoms with Crippen molar-refractivity contribution in [3.05, 3.63) is 105 Å². The summed E-state index contributed by atoms with van der Waals surface area (Å²) in [6.07, 6.45) is -1.40. The van der Waals surface area contributed by atoms with Gasteiger partial charge in [0.05, 0.1) is 10.5 Å². The molecular formula is C22H17FN2O5. The number of halogens is 1. The number of anilines is 1. The second kappa shape index (κ2) is 8.95. The number of amides is 1. The Morgan fingerprint density at radius 3 is 2.43 bits per heavy atom. The Hall–Kier alpha value is -4.07. The zero-order valence-corrected chi connectivity index (χ0v) is 15.9. The van der Waals surface area contributed by atoms with Crippen molar-refractivity contribution in [2.24, 2.45) is 0 Å².